The molecule has 3 rings (SSSR count). The van der Waals surface area contributed by atoms with Crippen LogP contribution >= 0.6 is 0 Å². The Morgan fingerprint density at radius 1 is 0.625 bits per heavy atom. The molecule has 2 aliphatic heterocycles. The van der Waals surface area contributed by atoms with E-state index in [0.29, 0.717) is 25.7 Å². The second-order valence-electron chi connectivity index (χ2n) is 18.8. The summed E-state index contributed by atoms with van der Waals surface area (Å²) in [6.07, 6.45) is -9.36. The van der Waals surface area contributed by atoms with E-state index in [4.69, 9.17) is 38.9 Å². The third-order valence-electron chi connectivity index (χ3n) is 11.8. The van der Waals surface area contributed by atoms with Crippen molar-refractivity contribution in [3.63, 3.8) is 0 Å². The highest BCUT2D eigenvalue weighted by atomic mass is 16.7. The van der Waals surface area contributed by atoms with E-state index in [2.05, 4.69) is 31.9 Å². The Morgan fingerprint density at radius 3 is 1.49 bits per heavy atom. The number of primary amides is 1. The van der Waals surface area contributed by atoms with Gasteiger partial charge in [0.25, 0.3) is 0 Å². The van der Waals surface area contributed by atoms with Crippen LogP contribution in [0.15, 0.2) is 0 Å². The lowest BCUT2D eigenvalue weighted by Crippen LogP contribution is -2.64. The lowest BCUT2D eigenvalue weighted by Gasteiger charge is -2.42. The van der Waals surface area contributed by atoms with Crippen LogP contribution < -0.4 is 37.6 Å². The second-order valence-corrected chi connectivity index (χ2v) is 18.8. The molecule has 5 unspecified atom stereocenters. The average Bonchev–Trinajstić information content (AvgIpc) is 3.31. The van der Waals surface area contributed by atoms with Gasteiger partial charge in [-0.3, -0.25) is 33.6 Å². The van der Waals surface area contributed by atoms with Gasteiger partial charge in [0, 0.05) is 45.7 Å². The second kappa shape index (κ2) is 31.5. The van der Waals surface area contributed by atoms with Gasteiger partial charge in [0.15, 0.2) is 12.6 Å². The predicted molar refractivity (Wildman–Crippen MR) is 248 cm³/mol. The SMILES string of the molecule is CC(=O)NC1C(OCCOCCNC(=O)C(CCC(N)=O)NC(=O)CCC(NC(=O)C2CCC(OC(C)(C)C)CC2)C(=O)NCCOCCOC2O[C@H](CO)[C@H](O)[C@H](O)[C@H]2NC(C)=O)O[C@H](CO)[C@H](O)[C@@H]1O. The quantitative estimate of drug-likeness (QED) is 0.0299. The fourth-order valence-electron chi connectivity index (χ4n) is 8.21. The van der Waals surface area contributed by atoms with E-state index in [1.165, 1.54) is 13.8 Å². The number of nitrogens with one attached hydrogen (secondary N) is 6. The number of hydrogen-bond acceptors (Lipinski definition) is 20. The first-order chi connectivity index (χ1) is 34.0. The van der Waals surface area contributed by atoms with E-state index in [0.717, 1.165) is 0 Å². The van der Waals surface area contributed by atoms with Crippen LogP contribution in [0.2, 0.25) is 0 Å². The lowest BCUT2D eigenvalue weighted by molar-refractivity contribution is -0.272. The number of nitrogens with two attached hydrogens (primary N) is 1. The fraction of sp³-hybridized carbons (Fsp3) is 0.844. The number of rotatable bonds is 30. The molecule has 0 aromatic heterocycles. The number of ether oxygens (including phenoxy) is 7. The van der Waals surface area contributed by atoms with Crippen molar-refractivity contribution in [3.8, 4) is 0 Å². The highest BCUT2D eigenvalue weighted by Gasteiger charge is 2.46. The molecule has 0 aromatic carbocycles. The molecule has 3 fully saturated rings. The van der Waals surface area contributed by atoms with E-state index in [9.17, 15) is 64.2 Å². The predicted octanol–water partition coefficient (Wildman–Crippen LogP) is -5.44. The third kappa shape index (κ3) is 21.7. The normalized spacial score (nSPS) is 28.4. The summed E-state index contributed by atoms with van der Waals surface area (Å²) < 4.78 is 39.4. The first-order valence-corrected chi connectivity index (χ1v) is 24.3. The van der Waals surface area contributed by atoms with Crippen molar-refractivity contribution in [1.29, 1.82) is 0 Å². The smallest absolute Gasteiger partial charge is 0.242 e. The van der Waals surface area contributed by atoms with Crippen LogP contribution in [0.5, 0.6) is 0 Å². The van der Waals surface area contributed by atoms with Crippen molar-refractivity contribution >= 4 is 41.4 Å². The maximum Gasteiger partial charge on any atom is 0.242 e. The van der Waals surface area contributed by atoms with Gasteiger partial charge in [0.2, 0.25) is 41.4 Å². The minimum atomic E-state index is -1.49. The number of amides is 7. The first kappa shape index (κ1) is 62.1. The van der Waals surface area contributed by atoms with Gasteiger partial charge in [-0.05, 0) is 59.3 Å². The Balaban J connectivity index is 1.53. The number of hydrogen-bond donors (Lipinski definition) is 13. The van der Waals surface area contributed by atoms with Gasteiger partial charge in [-0.15, -0.1) is 0 Å². The van der Waals surface area contributed by atoms with Crippen molar-refractivity contribution in [2.75, 3.05) is 65.9 Å². The summed E-state index contributed by atoms with van der Waals surface area (Å²) in [6.45, 7) is 6.60. The van der Waals surface area contributed by atoms with Gasteiger partial charge in [-0.2, -0.15) is 0 Å². The van der Waals surface area contributed by atoms with Gasteiger partial charge in [0.1, 0.15) is 60.8 Å². The summed E-state index contributed by atoms with van der Waals surface area (Å²) in [5, 5.41) is 75.9. The summed E-state index contributed by atoms with van der Waals surface area (Å²) >= 11 is 0. The molecule has 12 atom stereocenters. The molecule has 7 amide bonds. The standard InChI is InChI=1S/C45H79N7O20/c1-24(55)49-34-38(61)36(59)30(22-53)70-43(34)68-20-18-66-16-14-47-41(64)28(10-12-32(46)57)51-33(58)13-11-29(52-40(63)26-6-8-27(9-7-26)72-45(3,4)5)42(65)48-15-17-67-19-21-69-44-35(50-25(2)56)39(62)37(60)31(23-54)71-44/h26-31,34-39,43-44,53-54,59-62H,6-23H2,1-5H3,(H2,46,57)(H,47,64)(H,48,65)(H,49,55)(H,50,56)(H,51,58)(H,52,63)/t26?,27?,28?,29?,30-,31-,34?,35-,36+,37+,38-,39-,43?,44?/m1/s1. The molecule has 2 heterocycles. The third-order valence-corrected chi connectivity index (χ3v) is 11.8. The van der Waals surface area contributed by atoms with E-state index >= 15 is 0 Å². The zero-order chi connectivity index (χ0) is 53.5. The zero-order valence-electron chi connectivity index (χ0n) is 41.8. The molecule has 0 spiro atoms. The molecular weight excluding hydrogens is 959 g/mol. The molecule has 72 heavy (non-hydrogen) atoms. The Morgan fingerprint density at radius 2 is 1.07 bits per heavy atom. The van der Waals surface area contributed by atoms with Crippen LogP contribution in [0.3, 0.4) is 0 Å². The van der Waals surface area contributed by atoms with Crippen LogP contribution in [0, 0.1) is 5.92 Å². The van der Waals surface area contributed by atoms with E-state index in [1.807, 2.05) is 20.8 Å². The van der Waals surface area contributed by atoms with Gasteiger partial charge < -0.3 is 101 Å². The molecule has 1 aliphatic carbocycles. The Hall–Kier alpha value is -4.23. The minimum Gasteiger partial charge on any atom is -0.394 e. The van der Waals surface area contributed by atoms with Crippen LogP contribution in [-0.4, -0.2) is 223 Å². The van der Waals surface area contributed by atoms with Crippen molar-refractivity contribution in [2.24, 2.45) is 11.7 Å². The van der Waals surface area contributed by atoms with Gasteiger partial charge >= 0.3 is 0 Å². The van der Waals surface area contributed by atoms with Crippen molar-refractivity contribution in [1.82, 2.24) is 31.9 Å². The molecule has 0 bridgehead atoms. The molecule has 14 N–H and O–H groups in total. The lowest BCUT2D eigenvalue weighted by atomic mass is 9.86. The highest BCUT2D eigenvalue weighted by Crippen LogP contribution is 2.29. The molecular formula is C45H79N7O20. The molecule has 0 aromatic rings. The van der Waals surface area contributed by atoms with Gasteiger partial charge in [-0.1, -0.05) is 0 Å². The summed E-state index contributed by atoms with van der Waals surface area (Å²) in [6, 6.07) is -4.68. The fourth-order valence-corrected chi connectivity index (χ4v) is 8.21. The number of carbonyl (C=O) groups is 7. The summed E-state index contributed by atoms with van der Waals surface area (Å²) in [4.78, 5) is 88.7. The topological polar surface area (TPSA) is 404 Å². The van der Waals surface area contributed by atoms with Crippen LogP contribution in [0.25, 0.3) is 0 Å². The number of aliphatic hydroxyl groups is 6. The van der Waals surface area contributed by atoms with Crippen molar-refractivity contribution < 1.29 is 97.4 Å². The Labute approximate surface area is 418 Å². The summed E-state index contributed by atoms with van der Waals surface area (Å²) in [5.74, 6) is -4.49. The largest absolute Gasteiger partial charge is 0.394 e. The molecule has 27 nitrogen and oxygen atoms in total. The van der Waals surface area contributed by atoms with Gasteiger partial charge in [-0.25, -0.2) is 0 Å². The maximum absolute atomic E-state index is 13.6. The van der Waals surface area contributed by atoms with Crippen LogP contribution in [0.4, 0.5) is 0 Å². The van der Waals surface area contributed by atoms with Gasteiger partial charge in [0.05, 0.1) is 64.6 Å². The molecule has 414 valence electrons. The number of aliphatic hydroxyl groups excluding tert-OH is 6. The summed E-state index contributed by atoms with van der Waals surface area (Å²) in [5.41, 5.74) is 4.98. The Kier molecular flexibility index (Phi) is 27.1. The van der Waals surface area contributed by atoms with Crippen molar-refractivity contribution in [3.05, 3.63) is 0 Å². The van der Waals surface area contributed by atoms with Crippen molar-refractivity contribution in [2.45, 2.75) is 171 Å². The van der Waals surface area contributed by atoms with E-state index < -0.39 is 128 Å². The van der Waals surface area contributed by atoms with E-state index in [-0.39, 0.29) is 96.0 Å². The highest BCUT2D eigenvalue weighted by molar-refractivity contribution is 5.90. The Bertz CT molecular complexity index is 1720. The van der Waals surface area contributed by atoms with E-state index in [1.54, 1.807) is 0 Å². The maximum atomic E-state index is 13.6. The molecule has 0 radical (unpaired) electrons. The minimum absolute atomic E-state index is 0.0245. The average molecular weight is 1040 g/mol. The van der Waals surface area contributed by atoms with Crippen LogP contribution in [0.1, 0.15) is 86.0 Å². The molecule has 27 heteroatoms. The first-order valence-electron chi connectivity index (χ1n) is 24.3. The summed E-state index contributed by atoms with van der Waals surface area (Å²) in [7, 11) is 0. The zero-order valence-corrected chi connectivity index (χ0v) is 41.8. The monoisotopic (exact) mass is 1040 g/mol. The van der Waals surface area contributed by atoms with Crippen LogP contribution in [-0.2, 0) is 66.7 Å². The number of carbonyl (C=O) groups excluding carboxylic acids is 7. The molecule has 2 saturated heterocycles. The molecule has 3 aliphatic rings. The molecule has 1 saturated carbocycles.